The number of amides is 1. The first kappa shape index (κ1) is 21.3. The molecule has 1 atom stereocenters. The standard InChI is InChI=1S/C26H31N7O/c1-16-11-19(26(34)32-10-4-6-20(15-32)30-27)12-21-23(16)31(2)25(29-21)22-13-18-5-3-9-28-24(18)33(22)14-17-7-8-17/h3,5,9,11-13,17,20,30H,4,6-8,10,14-15,27H2,1-2H3/t20-/m1/s1. The van der Waals surface area contributed by atoms with Crippen LogP contribution in [-0.4, -0.2) is 49.0 Å². The first-order valence-corrected chi connectivity index (χ1v) is 12.2. The Balaban J connectivity index is 1.43. The molecule has 1 aromatic carbocycles. The minimum absolute atomic E-state index is 0.0456. The first-order valence-electron chi connectivity index (χ1n) is 12.2. The number of likely N-dealkylation sites (tertiary alicyclic amines) is 1. The largest absolute Gasteiger partial charge is 0.337 e. The Labute approximate surface area is 198 Å². The molecule has 8 nitrogen and oxygen atoms in total. The van der Waals surface area contributed by atoms with Gasteiger partial charge < -0.3 is 14.0 Å². The number of aryl methyl sites for hydroxylation is 2. The van der Waals surface area contributed by atoms with Gasteiger partial charge in [-0.05, 0) is 74.4 Å². The maximum atomic E-state index is 13.3. The molecule has 1 aliphatic heterocycles. The number of hydrazine groups is 1. The van der Waals surface area contributed by atoms with E-state index < -0.39 is 0 Å². The lowest BCUT2D eigenvalue weighted by Crippen LogP contribution is -2.50. The number of piperidine rings is 1. The molecule has 8 heteroatoms. The molecule has 2 fully saturated rings. The number of rotatable bonds is 5. The second kappa shape index (κ2) is 8.21. The van der Waals surface area contributed by atoms with E-state index in [0.29, 0.717) is 18.0 Å². The number of nitrogens with one attached hydrogen (secondary N) is 1. The monoisotopic (exact) mass is 457 g/mol. The van der Waals surface area contributed by atoms with E-state index >= 15 is 0 Å². The van der Waals surface area contributed by atoms with E-state index in [2.05, 4.69) is 45.6 Å². The molecule has 1 saturated carbocycles. The summed E-state index contributed by atoms with van der Waals surface area (Å²) in [5.74, 6) is 7.32. The molecule has 0 bridgehead atoms. The van der Waals surface area contributed by atoms with E-state index in [-0.39, 0.29) is 11.9 Å². The molecular formula is C26H31N7O. The smallest absolute Gasteiger partial charge is 0.253 e. The van der Waals surface area contributed by atoms with Crippen LogP contribution < -0.4 is 11.3 Å². The van der Waals surface area contributed by atoms with Crippen molar-refractivity contribution in [1.29, 1.82) is 0 Å². The van der Waals surface area contributed by atoms with E-state index in [1.807, 2.05) is 29.3 Å². The van der Waals surface area contributed by atoms with Crippen molar-refractivity contribution in [2.75, 3.05) is 13.1 Å². The Hall–Kier alpha value is -3.23. The molecule has 0 radical (unpaired) electrons. The van der Waals surface area contributed by atoms with Crippen LogP contribution in [0, 0.1) is 12.8 Å². The highest BCUT2D eigenvalue weighted by atomic mass is 16.2. The topological polar surface area (TPSA) is 94.0 Å². The number of hydrogen-bond acceptors (Lipinski definition) is 5. The summed E-state index contributed by atoms with van der Waals surface area (Å²) in [5, 5.41) is 1.13. The van der Waals surface area contributed by atoms with Crippen molar-refractivity contribution in [1.82, 2.24) is 29.4 Å². The van der Waals surface area contributed by atoms with Crippen molar-refractivity contribution < 1.29 is 4.79 Å². The van der Waals surface area contributed by atoms with E-state index in [1.165, 1.54) is 12.8 Å². The van der Waals surface area contributed by atoms with Gasteiger partial charge in [-0.3, -0.25) is 16.1 Å². The van der Waals surface area contributed by atoms with Crippen molar-refractivity contribution in [3.63, 3.8) is 0 Å². The normalized spacial score (nSPS) is 18.8. The van der Waals surface area contributed by atoms with Crippen LogP contribution in [0.2, 0.25) is 0 Å². The van der Waals surface area contributed by atoms with Gasteiger partial charge >= 0.3 is 0 Å². The van der Waals surface area contributed by atoms with Gasteiger partial charge in [0.05, 0.1) is 16.7 Å². The molecule has 6 rings (SSSR count). The summed E-state index contributed by atoms with van der Waals surface area (Å²) in [6.45, 7) is 4.42. The predicted molar refractivity (Wildman–Crippen MR) is 133 cm³/mol. The van der Waals surface area contributed by atoms with Crippen molar-refractivity contribution in [3.05, 3.63) is 47.7 Å². The summed E-state index contributed by atoms with van der Waals surface area (Å²) < 4.78 is 4.48. The summed E-state index contributed by atoms with van der Waals surface area (Å²) in [5.41, 5.74) is 8.57. The number of nitrogens with zero attached hydrogens (tertiary/aromatic N) is 5. The van der Waals surface area contributed by atoms with Crippen LogP contribution >= 0.6 is 0 Å². The van der Waals surface area contributed by atoms with E-state index in [4.69, 9.17) is 10.8 Å². The van der Waals surface area contributed by atoms with Crippen LogP contribution in [0.25, 0.3) is 33.6 Å². The molecule has 1 aliphatic carbocycles. The van der Waals surface area contributed by atoms with Crippen molar-refractivity contribution >= 4 is 28.0 Å². The number of fused-ring (bicyclic) bond motifs is 2. The zero-order valence-corrected chi connectivity index (χ0v) is 19.8. The lowest BCUT2D eigenvalue weighted by molar-refractivity contribution is 0.0695. The second-order valence-corrected chi connectivity index (χ2v) is 9.91. The van der Waals surface area contributed by atoms with E-state index in [1.54, 1.807) is 0 Å². The molecule has 4 aromatic rings. The van der Waals surface area contributed by atoms with Crippen LogP contribution in [0.15, 0.2) is 36.5 Å². The molecular weight excluding hydrogens is 426 g/mol. The van der Waals surface area contributed by atoms with Gasteiger partial charge in [0.1, 0.15) is 5.65 Å². The molecule has 2 aliphatic rings. The summed E-state index contributed by atoms with van der Waals surface area (Å²) >= 11 is 0. The Morgan fingerprint density at radius 2 is 2.09 bits per heavy atom. The SMILES string of the molecule is Cc1cc(C(=O)N2CCC[C@@H](NN)C2)cc2nc(-c3cc4cccnc4n3CC3CC3)n(C)c12. The Morgan fingerprint density at radius 1 is 1.24 bits per heavy atom. The minimum atomic E-state index is 0.0456. The number of nitrogens with two attached hydrogens (primary N) is 1. The van der Waals surface area contributed by atoms with E-state index in [9.17, 15) is 4.79 Å². The molecule has 0 unspecified atom stereocenters. The predicted octanol–water partition coefficient (Wildman–Crippen LogP) is 3.38. The zero-order valence-electron chi connectivity index (χ0n) is 19.8. The highest BCUT2D eigenvalue weighted by molar-refractivity contribution is 5.99. The maximum Gasteiger partial charge on any atom is 0.253 e. The Bertz CT molecular complexity index is 1400. The van der Waals surface area contributed by atoms with Crippen LogP contribution in [0.4, 0.5) is 0 Å². The quantitative estimate of drug-likeness (QED) is 0.354. The van der Waals surface area contributed by atoms with Crippen LogP contribution in [0.3, 0.4) is 0 Å². The van der Waals surface area contributed by atoms with Gasteiger partial charge in [-0.2, -0.15) is 0 Å². The fraction of sp³-hybridized carbons (Fsp3) is 0.423. The average molecular weight is 458 g/mol. The third kappa shape index (κ3) is 3.58. The van der Waals surface area contributed by atoms with Gasteiger partial charge in [0.15, 0.2) is 5.82 Å². The van der Waals surface area contributed by atoms with Gasteiger partial charge in [0, 0.05) is 49.9 Å². The van der Waals surface area contributed by atoms with Gasteiger partial charge in [-0.1, -0.05) is 0 Å². The summed E-state index contributed by atoms with van der Waals surface area (Å²) in [6, 6.07) is 10.4. The van der Waals surface area contributed by atoms with Gasteiger partial charge in [-0.25, -0.2) is 9.97 Å². The summed E-state index contributed by atoms with van der Waals surface area (Å²) in [4.78, 5) is 25.0. The fourth-order valence-corrected chi connectivity index (χ4v) is 5.43. The van der Waals surface area contributed by atoms with Crippen molar-refractivity contribution in [2.24, 2.45) is 18.8 Å². The molecule has 1 saturated heterocycles. The summed E-state index contributed by atoms with van der Waals surface area (Å²) in [6.07, 6.45) is 6.35. The zero-order chi connectivity index (χ0) is 23.4. The number of aromatic nitrogens is 4. The molecule has 176 valence electrons. The van der Waals surface area contributed by atoms with Crippen LogP contribution in [-0.2, 0) is 13.6 Å². The molecule has 3 aromatic heterocycles. The highest BCUT2D eigenvalue weighted by Crippen LogP contribution is 2.36. The number of hydrogen-bond donors (Lipinski definition) is 2. The van der Waals surface area contributed by atoms with Crippen LogP contribution in [0.1, 0.15) is 41.6 Å². The number of imidazole rings is 1. The molecule has 34 heavy (non-hydrogen) atoms. The Morgan fingerprint density at radius 3 is 2.88 bits per heavy atom. The Kier molecular flexibility index (Phi) is 5.15. The van der Waals surface area contributed by atoms with Gasteiger partial charge in [-0.15, -0.1) is 0 Å². The third-order valence-corrected chi connectivity index (χ3v) is 7.37. The van der Waals surface area contributed by atoms with Crippen molar-refractivity contribution in [3.8, 4) is 11.5 Å². The lowest BCUT2D eigenvalue weighted by Gasteiger charge is -2.32. The molecule has 3 N–H and O–H groups in total. The molecule has 1 amide bonds. The maximum absolute atomic E-state index is 13.3. The average Bonchev–Trinajstić information content (AvgIpc) is 3.52. The van der Waals surface area contributed by atoms with Gasteiger partial charge in [0.2, 0.25) is 0 Å². The summed E-state index contributed by atoms with van der Waals surface area (Å²) in [7, 11) is 2.06. The highest BCUT2D eigenvalue weighted by Gasteiger charge is 2.27. The number of pyridine rings is 1. The molecule has 4 heterocycles. The fourth-order valence-electron chi connectivity index (χ4n) is 5.43. The van der Waals surface area contributed by atoms with Gasteiger partial charge in [0.25, 0.3) is 5.91 Å². The number of benzene rings is 1. The third-order valence-electron chi connectivity index (χ3n) is 7.37. The number of carbonyl (C=O) groups excluding carboxylic acids is 1. The van der Waals surface area contributed by atoms with E-state index in [0.717, 1.165) is 65.1 Å². The lowest BCUT2D eigenvalue weighted by atomic mass is 10.0. The van der Waals surface area contributed by atoms with Crippen LogP contribution in [0.5, 0.6) is 0 Å². The first-order chi connectivity index (χ1) is 16.5. The van der Waals surface area contributed by atoms with Crippen molar-refractivity contribution in [2.45, 2.75) is 45.2 Å². The molecule has 0 spiro atoms. The minimum Gasteiger partial charge on any atom is -0.337 e. The number of carbonyl (C=O) groups is 1. The second-order valence-electron chi connectivity index (χ2n) is 9.91.